The number of nitrogens with one attached hydrogen (secondary N) is 1. The first kappa shape index (κ1) is 19.6. The predicted octanol–water partition coefficient (Wildman–Crippen LogP) is 2.80. The van der Waals surface area contributed by atoms with Gasteiger partial charge < -0.3 is 15.0 Å². The van der Waals surface area contributed by atoms with Crippen LogP contribution in [-0.4, -0.2) is 50.2 Å². The van der Waals surface area contributed by atoms with Crippen molar-refractivity contribution >= 4 is 23.4 Å². The zero-order valence-corrected chi connectivity index (χ0v) is 15.3. The number of carbonyl (C=O) groups is 2. The summed E-state index contributed by atoms with van der Waals surface area (Å²) in [7, 11) is 0. The summed E-state index contributed by atoms with van der Waals surface area (Å²) in [6, 6.07) is 6.73. The Bertz CT molecular complexity index is 833. The molecule has 2 aliphatic heterocycles. The maximum absolute atomic E-state index is 14.2. The average molecular weight is 390 g/mol. The Morgan fingerprint density at radius 3 is 2.68 bits per heavy atom. The second kappa shape index (κ2) is 7.84. The lowest BCUT2D eigenvalue weighted by atomic mass is 10.0. The maximum atomic E-state index is 14.2. The van der Waals surface area contributed by atoms with E-state index in [1.807, 2.05) is 0 Å². The van der Waals surface area contributed by atoms with Gasteiger partial charge in [-0.2, -0.15) is 0 Å². The van der Waals surface area contributed by atoms with Crippen molar-refractivity contribution in [2.24, 2.45) is 0 Å². The van der Waals surface area contributed by atoms with Gasteiger partial charge in [-0.15, -0.1) is 0 Å². The third-order valence-electron chi connectivity index (χ3n) is 4.71. The van der Waals surface area contributed by atoms with Gasteiger partial charge in [-0.1, -0.05) is 0 Å². The van der Waals surface area contributed by atoms with E-state index < -0.39 is 24.7 Å². The molecule has 0 aromatic heterocycles. The van der Waals surface area contributed by atoms with Gasteiger partial charge in [0, 0.05) is 30.4 Å². The summed E-state index contributed by atoms with van der Waals surface area (Å²) in [6.45, 7) is 8.57. The fraction of sp³-hybridized carbons (Fsp3) is 0.421. The van der Waals surface area contributed by atoms with Crippen molar-refractivity contribution in [3.8, 4) is 0 Å². The predicted molar refractivity (Wildman–Crippen MR) is 99.2 cm³/mol. The summed E-state index contributed by atoms with van der Waals surface area (Å²) in [5, 5.41) is 2.61. The number of hydrogen-bond acceptors (Lipinski definition) is 4. The van der Waals surface area contributed by atoms with E-state index >= 15 is 0 Å². The summed E-state index contributed by atoms with van der Waals surface area (Å²) >= 11 is 0. The number of piperidine rings is 1. The quantitative estimate of drug-likeness (QED) is 0.803. The van der Waals surface area contributed by atoms with Crippen LogP contribution < -0.4 is 15.1 Å². The highest BCUT2D eigenvalue weighted by atomic mass is 19.3. The standard InChI is InChI=1S/C19H20F2N4O3/c1-13(26)23-10-17-11-25(18(27)28-17)16-5-3-15(4-6-16)24-8-7-14(9-22-2)19(20,21)12-24/h3-6,9,17H,7-8,10-12H2,1H3,(H,23,26)/t17-/m0/s1. The summed E-state index contributed by atoms with van der Waals surface area (Å²) in [5.41, 5.74) is 1.07. The van der Waals surface area contributed by atoms with Gasteiger partial charge >= 0.3 is 6.09 Å². The molecule has 148 valence electrons. The van der Waals surface area contributed by atoms with Crippen molar-refractivity contribution in [1.29, 1.82) is 0 Å². The molecule has 0 radical (unpaired) electrons. The third kappa shape index (κ3) is 4.22. The van der Waals surface area contributed by atoms with Gasteiger partial charge in [0.25, 0.3) is 5.92 Å². The van der Waals surface area contributed by atoms with E-state index in [1.54, 1.807) is 29.2 Å². The molecule has 2 heterocycles. The lowest BCUT2D eigenvalue weighted by Crippen LogP contribution is -2.44. The topological polar surface area (TPSA) is 66.2 Å². The SMILES string of the molecule is [C-]#[N+]C=C1CCN(c2ccc(N3C[C@H](CNC(C)=O)OC3=O)cc2)CC1(F)F. The number of alkyl halides is 2. The smallest absolute Gasteiger partial charge is 0.414 e. The van der Waals surface area contributed by atoms with Crippen LogP contribution in [0.3, 0.4) is 0 Å². The number of carbonyl (C=O) groups excluding carboxylic acids is 2. The number of benzene rings is 1. The number of cyclic esters (lactones) is 1. The van der Waals surface area contributed by atoms with Crippen molar-refractivity contribution in [3.63, 3.8) is 0 Å². The summed E-state index contributed by atoms with van der Waals surface area (Å²) in [4.78, 5) is 29.0. The Morgan fingerprint density at radius 2 is 2.07 bits per heavy atom. The molecular weight excluding hydrogens is 370 g/mol. The Morgan fingerprint density at radius 1 is 1.39 bits per heavy atom. The zero-order valence-electron chi connectivity index (χ0n) is 15.3. The molecule has 0 spiro atoms. The average Bonchev–Trinajstić information content (AvgIpc) is 3.02. The second-order valence-electron chi connectivity index (χ2n) is 6.73. The molecule has 2 amide bonds. The molecule has 1 aromatic rings. The van der Waals surface area contributed by atoms with Crippen LogP contribution in [0, 0.1) is 6.57 Å². The Balaban J connectivity index is 1.66. The van der Waals surface area contributed by atoms with Crippen molar-refractivity contribution < 1.29 is 23.1 Å². The van der Waals surface area contributed by atoms with E-state index in [1.165, 1.54) is 11.8 Å². The molecule has 7 nitrogen and oxygen atoms in total. The number of anilines is 2. The second-order valence-corrected chi connectivity index (χ2v) is 6.73. The molecule has 2 fully saturated rings. The molecule has 28 heavy (non-hydrogen) atoms. The number of hydrogen-bond donors (Lipinski definition) is 1. The summed E-state index contributed by atoms with van der Waals surface area (Å²) in [5.74, 6) is -3.25. The van der Waals surface area contributed by atoms with Crippen molar-refractivity contribution in [2.75, 3.05) is 36.0 Å². The molecule has 0 aliphatic carbocycles. The van der Waals surface area contributed by atoms with Crippen LogP contribution in [0.4, 0.5) is 25.0 Å². The Kier molecular flexibility index (Phi) is 5.49. The van der Waals surface area contributed by atoms with Crippen LogP contribution in [0.25, 0.3) is 4.85 Å². The zero-order chi connectivity index (χ0) is 20.3. The van der Waals surface area contributed by atoms with Crippen molar-refractivity contribution in [2.45, 2.75) is 25.4 Å². The monoisotopic (exact) mass is 390 g/mol. The van der Waals surface area contributed by atoms with Gasteiger partial charge in [0.15, 0.2) is 6.20 Å². The largest absolute Gasteiger partial charge is 0.442 e. The molecule has 9 heteroatoms. The van der Waals surface area contributed by atoms with Gasteiger partial charge in [0.2, 0.25) is 5.91 Å². The van der Waals surface area contributed by atoms with E-state index in [4.69, 9.17) is 11.3 Å². The molecule has 1 aromatic carbocycles. The molecule has 1 N–H and O–H groups in total. The summed E-state index contributed by atoms with van der Waals surface area (Å²) in [6.07, 6.45) is 0.0862. The minimum atomic E-state index is -3.04. The van der Waals surface area contributed by atoms with E-state index in [0.29, 0.717) is 24.5 Å². The van der Waals surface area contributed by atoms with Crippen LogP contribution in [0.15, 0.2) is 36.0 Å². The molecular formula is C19H20F2N4O3. The van der Waals surface area contributed by atoms with Gasteiger partial charge in [0.1, 0.15) is 6.10 Å². The molecule has 0 bridgehead atoms. The summed E-state index contributed by atoms with van der Waals surface area (Å²) < 4.78 is 33.6. The van der Waals surface area contributed by atoms with E-state index in [-0.39, 0.29) is 24.4 Å². The highest BCUT2D eigenvalue weighted by molar-refractivity contribution is 5.90. The molecule has 0 saturated carbocycles. The minimum absolute atomic E-state index is 0.125. The van der Waals surface area contributed by atoms with Crippen LogP contribution in [0.2, 0.25) is 0 Å². The van der Waals surface area contributed by atoms with Gasteiger partial charge in [0.05, 0.1) is 26.2 Å². The fourth-order valence-electron chi connectivity index (χ4n) is 3.26. The Labute approximate surface area is 161 Å². The fourth-order valence-corrected chi connectivity index (χ4v) is 3.26. The van der Waals surface area contributed by atoms with E-state index in [0.717, 1.165) is 6.20 Å². The first-order chi connectivity index (χ1) is 13.3. The van der Waals surface area contributed by atoms with E-state index in [9.17, 15) is 18.4 Å². The third-order valence-corrected chi connectivity index (χ3v) is 4.71. The van der Waals surface area contributed by atoms with Gasteiger partial charge in [-0.3, -0.25) is 9.69 Å². The maximum Gasteiger partial charge on any atom is 0.414 e. The van der Waals surface area contributed by atoms with Crippen molar-refractivity contribution in [1.82, 2.24) is 5.32 Å². The Hall–Kier alpha value is -3.15. The van der Waals surface area contributed by atoms with Crippen LogP contribution >= 0.6 is 0 Å². The van der Waals surface area contributed by atoms with Crippen molar-refractivity contribution in [3.05, 3.63) is 47.5 Å². The van der Waals surface area contributed by atoms with Gasteiger partial charge in [-0.05, 0) is 30.7 Å². The molecule has 3 rings (SSSR count). The molecule has 1 atom stereocenters. The van der Waals surface area contributed by atoms with Crippen LogP contribution in [0.1, 0.15) is 13.3 Å². The highest BCUT2D eigenvalue weighted by Crippen LogP contribution is 2.35. The number of ether oxygens (including phenoxy) is 1. The molecule has 2 aliphatic rings. The minimum Gasteiger partial charge on any atom is -0.442 e. The molecule has 0 unspecified atom stereocenters. The van der Waals surface area contributed by atoms with E-state index in [2.05, 4.69) is 10.2 Å². The number of rotatable bonds is 4. The molecule has 2 saturated heterocycles. The first-order valence-corrected chi connectivity index (χ1v) is 8.81. The first-order valence-electron chi connectivity index (χ1n) is 8.81. The lowest BCUT2D eigenvalue weighted by molar-refractivity contribution is -0.119. The van der Waals surface area contributed by atoms with Gasteiger partial charge in [-0.25, -0.2) is 18.4 Å². The lowest BCUT2D eigenvalue weighted by Gasteiger charge is -2.36. The number of halogens is 2. The normalized spacial score (nSPS) is 22.7. The number of nitrogens with zero attached hydrogens (tertiary/aromatic N) is 3. The van der Waals surface area contributed by atoms with Crippen LogP contribution in [0.5, 0.6) is 0 Å². The highest BCUT2D eigenvalue weighted by Gasteiger charge is 2.39. The number of amides is 2. The van der Waals surface area contributed by atoms with Crippen LogP contribution in [-0.2, 0) is 9.53 Å².